The van der Waals surface area contributed by atoms with Crippen LogP contribution in [0, 0.1) is 0 Å². The fourth-order valence-corrected chi connectivity index (χ4v) is 8.97. The summed E-state index contributed by atoms with van der Waals surface area (Å²) < 4.78 is 2.37. The molecular formula is C54H38N4. The smallest absolute Gasteiger partial charge is 0.164 e. The Bertz CT molecular complexity index is 3160. The summed E-state index contributed by atoms with van der Waals surface area (Å²) in [5, 5.41) is 2.32. The summed E-state index contributed by atoms with van der Waals surface area (Å²) in [6, 6.07) is 69.0. The van der Waals surface area contributed by atoms with E-state index >= 15 is 0 Å². The van der Waals surface area contributed by atoms with Gasteiger partial charge in [-0.25, -0.2) is 15.0 Å². The Hall–Kier alpha value is -7.43. The molecule has 0 N–H and O–H groups in total. The first kappa shape index (κ1) is 33.9. The Morgan fingerprint density at radius 3 is 1.48 bits per heavy atom. The van der Waals surface area contributed by atoms with Gasteiger partial charge >= 0.3 is 0 Å². The highest BCUT2D eigenvalue weighted by Crippen LogP contribution is 2.52. The highest BCUT2D eigenvalue weighted by atomic mass is 15.0. The van der Waals surface area contributed by atoms with Crippen LogP contribution in [-0.4, -0.2) is 19.5 Å². The first-order valence-electron chi connectivity index (χ1n) is 19.9. The number of hydrogen-bond acceptors (Lipinski definition) is 3. The molecule has 1 aliphatic rings. The lowest BCUT2D eigenvalue weighted by atomic mass is 9.82. The minimum Gasteiger partial charge on any atom is -0.309 e. The lowest BCUT2D eigenvalue weighted by Gasteiger charge is -2.21. The topological polar surface area (TPSA) is 43.6 Å². The second-order valence-corrected chi connectivity index (χ2v) is 15.6. The summed E-state index contributed by atoms with van der Waals surface area (Å²) in [5.41, 5.74) is 16.3. The van der Waals surface area contributed by atoms with Crippen LogP contribution in [0.5, 0.6) is 0 Å². The monoisotopic (exact) mass is 742 g/mol. The molecule has 2 heterocycles. The Morgan fingerprint density at radius 2 is 0.810 bits per heavy atom. The van der Waals surface area contributed by atoms with E-state index in [1.807, 2.05) is 24.3 Å². The van der Waals surface area contributed by atoms with Crippen LogP contribution >= 0.6 is 0 Å². The third-order valence-corrected chi connectivity index (χ3v) is 11.9. The number of fused-ring (bicyclic) bond motifs is 6. The third-order valence-electron chi connectivity index (χ3n) is 11.9. The Morgan fingerprint density at radius 1 is 0.362 bits per heavy atom. The molecule has 0 fully saturated rings. The van der Waals surface area contributed by atoms with Crippen LogP contribution in [0.25, 0.3) is 95.0 Å². The summed E-state index contributed by atoms with van der Waals surface area (Å²) in [6.07, 6.45) is 0. The molecule has 0 saturated heterocycles. The number of aromatic nitrogens is 4. The van der Waals surface area contributed by atoms with Crippen molar-refractivity contribution in [2.45, 2.75) is 19.3 Å². The highest BCUT2D eigenvalue weighted by Gasteiger charge is 2.36. The largest absolute Gasteiger partial charge is 0.309 e. The molecule has 4 heteroatoms. The molecule has 0 unspecified atom stereocenters. The van der Waals surface area contributed by atoms with Crippen molar-refractivity contribution in [2.75, 3.05) is 0 Å². The van der Waals surface area contributed by atoms with Crippen molar-refractivity contribution < 1.29 is 0 Å². The molecule has 0 aliphatic heterocycles. The van der Waals surface area contributed by atoms with Crippen LogP contribution < -0.4 is 0 Å². The predicted molar refractivity (Wildman–Crippen MR) is 239 cm³/mol. The lowest BCUT2D eigenvalue weighted by Crippen LogP contribution is -2.14. The normalized spacial score (nSPS) is 12.8. The fourth-order valence-electron chi connectivity index (χ4n) is 8.97. The molecule has 0 saturated carbocycles. The molecule has 0 bridgehead atoms. The zero-order valence-corrected chi connectivity index (χ0v) is 32.3. The molecule has 0 amide bonds. The van der Waals surface area contributed by atoms with Crippen LogP contribution in [0.3, 0.4) is 0 Å². The molecule has 0 atom stereocenters. The van der Waals surface area contributed by atoms with Crippen LogP contribution in [-0.2, 0) is 5.41 Å². The van der Waals surface area contributed by atoms with Crippen LogP contribution in [0.4, 0.5) is 0 Å². The van der Waals surface area contributed by atoms with Gasteiger partial charge < -0.3 is 4.57 Å². The van der Waals surface area contributed by atoms with Crippen molar-refractivity contribution in [1.82, 2.24) is 19.5 Å². The van der Waals surface area contributed by atoms with E-state index < -0.39 is 0 Å². The van der Waals surface area contributed by atoms with Crippen molar-refractivity contribution in [1.29, 1.82) is 0 Å². The molecule has 10 aromatic rings. The van der Waals surface area contributed by atoms with Crippen LogP contribution in [0.2, 0.25) is 0 Å². The third kappa shape index (κ3) is 5.48. The van der Waals surface area contributed by atoms with Gasteiger partial charge in [-0.15, -0.1) is 0 Å². The van der Waals surface area contributed by atoms with Gasteiger partial charge in [0, 0.05) is 38.6 Å². The molecule has 0 spiro atoms. The molecular weight excluding hydrogens is 705 g/mol. The molecule has 0 radical (unpaired) electrons. The van der Waals surface area contributed by atoms with E-state index in [1.165, 1.54) is 44.3 Å². The second kappa shape index (κ2) is 13.4. The van der Waals surface area contributed by atoms with Gasteiger partial charge in [-0.1, -0.05) is 166 Å². The van der Waals surface area contributed by atoms with Crippen molar-refractivity contribution in [3.8, 4) is 73.2 Å². The van der Waals surface area contributed by atoms with E-state index in [0.717, 1.165) is 44.4 Å². The number of hydrogen-bond donors (Lipinski definition) is 0. The van der Waals surface area contributed by atoms with Gasteiger partial charge in [-0.3, -0.25) is 0 Å². The highest BCUT2D eigenvalue weighted by molar-refractivity contribution is 6.12. The minimum absolute atomic E-state index is 0.0732. The van der Waals surface area contributed by atoms with E-state index in [9.17, 15) is 0 Å². The molecule has 58 heavy (non-hydrogen) atoms. The van der Waals surface area contributed by atoms with Crippen LogP contribution in [0.15, 0.2) is 194 Å². The zero-order valence-electron chi connectivity index (χ0n) is 32.3. The summed E-state index contributed by atoms with van der Waals surface area (Å²) in [4.78, 5) is 15.3. The molecule has 1 aliphatic carbocycles. The standard InChI is InChI=1S/C54H38N4/c1-54(2)46-23-13-12-21-43(46)50-42(22-14-24-47(50)54)39-29-31-48-44(33-39)45-34-40(30-32-49(45)58(48)41-19-10-5-11-20-41)53-56-51(37-17-8-4-9-18-37)55-52(57-53)38-27-25-36(26-28-38)35-15-6-3-7-16-35/h3-34H,1-2H3. The summed E-state index contributed by atoms with van der Waals surface area (Å²) in [5.74, 6) is 1.91. The van der Waals surface area contributed by atoms with E-state index in [0.29, 0.717) is 17.5 Å². The van der Waals surface area contributed by atoms with Gasteiger partial charge in [0.05, 0.1) is 11.0 Å². The molecule has 11 rings (SSSR count). The van der Waals surface area contributed by atoms with E-state index in [2.05, 4.69) is 188 Å². The maximum Gasteiger partial charge on any atom is 0.164 e. The van der Waals surface area contributed by atoms with Crippen LogP contribution in [0.1, 0.15) is 25.0 Å². The van der Waals surface area contributed by atoms with Crippen molar-refractivity contribution in [3.63, 3.8) is 0 Å². The Labute approximate surface area is 337 Å². The lowest BCUT2D eigenvalue weighted by molar-refractivity contribution is 0.660. The molecule has 4 nitrogen and oxygen atoms in total. The predicted octanol–water partition coefficient (Wildman–Crippen LogP) is 13.6. The van der Waals surface area contributed by atoms with E-state index in [4.69, 9.17) is 15.0 Å². The van der Waals surface area contributed by atoms with Crippen molar-refractivity contribution in [2.24, 2.45) is 0 Å². The first-order valence-corrected chi connectivity index (χ1v) is 19.9. The summed E-state index contributed by atoms with van der Waals surface area (Å²) in [6.45, 7) is 4.68. The average molecular weight is 743 g/mol. The van der Waals surface area contributed by atoms with Gasteiger partial charge in [0.15, 0.2) is 17.5 Å². The second-order valence-electron chi connectivity index (χ2n) is 15.6. The Kier molecular flexibility index (Phi) is 7.80. The number of rotatable bonds is 6. The number of benzene rings is 8. The van der Waals surface area contributed by atoms with Gasteiger partial charge in [-0.2, -0.15) is 0 Å². The number of para-hydroxylation sites is 1. The fraction of sp³-hybridized carbons (Fsp3) is 0.0556. The quantitative estimate of drug-likeness (QED) is 0.170. The number of nitrogens with zero attached hydrogens (tertiary/aromatic N) is 4. The van der Waals surface area contributed by atoms with Crippen molar-refractivity contribution in [3.05, 3.63) is 205 Å². The molecule has 2 aromatic heterocycles. The van der Waals surface area contributed by atoms with Crippen molar-refractivity contribution >= 4 is 21.8 Å². The van der Waals surface area contributed by atoms with Gasteiger partial charge in [0.1, 0.15) is 0 Å². The summed E-state index contributed by atoms with van der Waals surface area (Å²) in [7, 11) is 0. The average Bonchev–Trinajstić information content (AvgIpc) is 3.74. The zero-order chi connectivity index (χ0) is 38.8. The van der Waals surface area contributed by atoms with Gasteiger partial charge in [-0.05, 0) is 87.0 Å². The van der Waals surface area contributed by atoms with E-state index in [-0.39, 0.29) is 5.41 Å². The maximum atomic E-state index is 5.16. The van der Waals surface area contributed by atoms with Gasteiger partial charge in [0.25, 0.3) is 0 Å². The first-order chi connectivity index (χ1) is 28.5. The van der Waals surface area contributed by atoms with E-state index in [1.54, 1.807) is 0 Å². The summed E-state index contributed by atoms with van der Waals surface area (Å²) >= 11 is 0. The Balaban J connectivity index is 1.11. The minimum atomic E-state index is -0.0732. The molecule has 274 valence electrons. The SMILES string of the molecule is CC1(C)c2ccccc2-c2c(-c3ccc4c(c3)c3cc(-c5nc(-c6ccccc6)nc(-c6ccc(-c7ccccc7)cc6)n5)ccc3n4-c3ccccc3)cccc21. The van der Waals surface area contributed by atoms with Gasteiger partial charge in [0.2, 0.25) is 0 Å². The maximum absolute atomic E-state index is 5.16. The molecule has 8 aromatic carbocycles.